The van der Waals surface area contributed by atoms with Crippen LogP contribution < -0.4 is 10.6 Å². The fourth-order valence-electron chi connectivity index (χ4n) is 2.06. The monoisotopic (exact) mass is 350 g/mol. The quantitative estimate of drug-likeness (QED) is 0.776. The molecule has 1 unspecified atom stereocenters. The topological polar surface area (TPSA) is 87.7 Å². The van der Waals surface area contributed by atoms with Crippen molar-refractivity contribution in [1.82, 2.24) is 10.6 Å². The summed E-state index contributed by atoms with van der Waals surface area (Å²) in [5.41, 5.74) is 1.30. The first kappa shape index (κ1) is 18.4. The smallest absolute Gasteiger partial charge is 0.408 e. The van der Waals surface area contributed by atoms with E-state index < -0.39 is 11.7 Å². The van der Waals surface area contributed by atoms with Crippen molar-refractivity contribution in [2.75, 3.05) is 5.75 Å². The average Bonchev–Trinajstić information content (AvgIpc) is 2.92. The maximum Gasteiger partial charge on any atom is 0.408 e. The third-order valence-corrected chi connectivity index (χ3v) is 4.14. The number of thioether (sulfide) groups is 1. The normalized spacial score (nSPS) is 17.2. The lowest BCUT2D eigenvalue weighted by Gasteiger charge is -2.23. The molecule has 1 aliphatic rings. The van der Waals surface area contributed by atoms with Crippen molar-refractivity contribution in [1.29, 1.82) is 0 Å². The van der Waals surface area contributed by atoms with E-state index in [9.17, 15) is 9.59 Å². The summed E-state index contributed by atoms with van der Waals surface area (Å²) in [6.45, 7) is 5.32. The molecule has 24 heavy (non-hydrogen) atoms. The maximum atomic E-state index is 12.3. The Morgan fingerprint density at radius 1 is 1.29 bits per heavy atom. The van der Waals surface area contributed by atoms with Crippen LogP contribution in [0, 0.1) is 0 Å². The molecule has 1 aromatic carbocycles. The summed E-state index contributed by atoms with van der Waals surface area (Å²) in [5, 5.41) is 16.4. The molecular weight excluding hydrogens is 328 g/mol. The van der Waals surface area contributed by atoms with Crippen molar-refractivity contribution in [3.8, 4) is 0 Å². The summed E-state index contributed by atoms with van der Waals surface area (Å²) in [4.78, 5) is 24.2. The number of hydrogen-bond acceptors (Lipinski definition) is 5. The molecule has 0 bridgehead atoms. The number of alkyl carbamates (subject to hydrolysis) is 1. The van der Waals surface area contributed by atoms with Gasteiger partial charge in [0, 0.05) is 17.0 Å². The Balaban J connectivity index is 1.95. The number of ether oxygens (including phenoxy) is 1. The first-order valence-corrected chi connectivity index (χ1v) is 8.66. The minimum Gasteiger partial charge on any atom is -0.444 e. The van der Waals surface area contributed by atoms with Gasteiger partial charge in [0.2, 0.25) is 0 Å². The van der Waals surface area contributed by atoms with Crippen LogP contribution in [0.1, 0.15) is 36.7 Å². The van der Waals surface area contributed by atoms with Crippen LogP contribution in [0.15, 0.2) is 35.4 Å². The Morgan fingerprint density at radius 2 is 1.96 bits per heavy atom. The first-order chi connectivity index (χ1) is 11.3. The molecule has 0 aliphatic carbocycles. The van der Waals surface area contributed by atoms with Crippen LogP contribution in [0.5, 0.6) is 0 Å². The number of rotatable bonds is 4. The van der Waals surface area contributed by atoms with Gasteiger partial charge in [-0.3, -0.25) is 4.79 Å². The predicted molar refractivity (Wildman–Crippen MR) is 93.5 cm³/mol. The van der Waals surface area contributed by atoms with Crippen molar-refractivity contribution >= 4 is 23.8 Å². The van der Waals surface area contributed by atoms with E-state index in [0.29, 0.717) is 17.0 Å². The number of benzene rings is 1. The zero-order valence-corrected chi connectivity index (χ0v) is 14.8. The Morgan fingerprint density at radius 3 is 2.54 bits per heavy atom. The van der Waals surface area contributed by atoms with Crippen LogP contribution >= 0.6 is 11.8 Å². The molecule has 0 saturated carbocycles. The second kappa shape index (κ2) is 7.72. The van der Waals surface area contributed by atoms with Gasteiger partial charge in [0.05, 0.1) is 12.6 Å². The molecule has 1 aliphatic heterocycles. The highest BCUT2D eigenvalue weighted by atomic mass is 32.2. The van der Waals surface area contributed by atoms with E-state index in [-0.39, 0.29) is 18.6 Å². The minimum absolute atomic E-state index is 0.0639. The molecular formula is C17H22N2O4S. The number of carbonyl (C=O) groups excluding carboxylic acids is 2. The minimum atomic E-state index is -0.572. The van der Waals surface area contributed by atoms with Crippen molar-refractivity contribution in [2.24, 2.45) is 0 Å². The van der Waals surface area contributed by atoms with E-state index in [1.54, 1.807) is 45.0 Å². The van der Waals surface area contributed by atoms with E-state index in [2.05, 4.69) is 10.6 Å². The maximum absolute atomic E-state index is 12.3. The largest absolute Gasteiger partial charge is 0.444 e. The number of aliphatic hydroxyl groups excluding tert-OH is 1. The molecule has 130 valence electrons. The molecule has 2 rings (SSSR count). The third-order valence-electron chi connectivity index (χ3n) is 3.20. The molecule has 0 saturated heterocycles. The number of aliphatic hydroxyl groups is 1. The van der Waals surface area contributed by atoms with Crippen LogP contribution in [0.4, 0.5) is 4.79 Å². The Kier molecular flexibility index (Phi) is 5.90. The van der Waals surface area contributed by atoms with Gasteiger partial charge in [0.15, 0.2) is 0 Å². The molecule has 3 N–H and O–H groups in total. The van der Waals surface area contributed by atoms with E-state index in [0.717, 1.165) is 5.56 Å². The van der Waals surface area contributed by atoms with Crippen molar-refractivity contribution in [2.45, 2.75) is 39.0 Å². The highest BCUT2D eigenvalue weighted by Crippen LogP contribution is 2.21. The summed E-state index contributed by atoms with van der Waals surface area (Å²) in [5.74, 6) is 0.377. The van der Waals surface area contributed by atoms with E-state index in [1.807, 2.05) is 5.41 Å². The molecule has 7 heteroatoms. The fourth-order valence-corrected chi connectivity index (χ4v) is 3.01. The number of amides is 2. The molecule has 1 atom stereocenters. The fraction of sp³-hybridized carbons (Fsp3) is 0.412. The van der Waals surface area contributed by atoms with Gasteiger partial charge in [-0.25, -0.2) is 4.79 Å². The lowest BCUT2D eigenvalue weighted by atomic mass is 10.1. The molecule has 2 amide bonds. The summed E-state index contributed by atoms with van der Waals surface area (Å²) in [6.07, 6.45) is -0.512. The SMILES string of the molecule is CC(C)(C)OC(=O)NC1CSC=C1NC(=O)c1ccc(CO)cc1. The number of carbonyl (C=O) groups is 2. The summed E-state index contributed by atoms with van der Waals surface area (Å²) in [7, 11) is 0. The molecule has 0 radical (unpaired) electrons. The van der Waals surface area contributed by atoms with Crippen LogP contribution in [0.25, 0.3) is 0 Å². The highest BCUT2D eigenvalue weighted by molar-refractivity contribution is 8.02. The van der Waals surface area contributed by atoms with Crippen LogP contribution in [-0.2, 0) is 11.3 Å². The Labute approximate surface area is 145 Å². The molecule has 0 aromatic heterocycles. The second-order valence-corrected chi connectivity index (χ2v) is 7.32. The van der Waals surface area contributed by atoms with Gasteiger partial charge in [0.1, 0.15) is 5.60 Å². The Bertz CT molecular complexity index is 635. The Hall–Kier alpha value is -1.99. The van der Waals surface area contributed by atoms with Crippen LogP contribution in [0.3, 0.4) is 0 Å². The van der Waals surface area contributed by atoms with Gasteiger partial charge < -0.3 is 20.5 Å². The molecule has 0 spiro atoms. The van der Waals surface area contributed by atoms with Gasteiger partial charge in [-0.05, 0) is 43.9 Å². The van der Waals surface area contributed by atoms with Gasteiger partial charge in [-0.2, -0.15) is 0 Å². The van der Waals surface area contributed by atoms with Gasteiger partial charge in [0.25, 0.3) is 5.91 Å². The molecule has 1 aromatic rings. The zero-order valence-electron chi connectivity index (χ0n) is 14.0. The van der Waals surface area contributed by atoms with Gasteiger partial charge in [-0.1, -0.05) is 12.1 Å². The molecule has 1 heterocycles. The zero-order chi connectivity index (χ0) is 17.7. The number of hydrogen-bond donors (Lipinski definition) is 3. The lowest BCUT2D eigenvalue weighted by Crippen LogP contribution is -2.43. The second-order valence-electron chi connectivity index (χ2n) is 6.41. The highest BCUT2D eigenvalue weighted by Gasteiger charge is 2.26. The standard InChI is InChI=1S/C17H22N2O4S/c1-17(2,3)23-16(22)19-14-10-24-9-13(14)18-15(21)12-6-4-11(8-20)5-7-12/h4-7,9,14,20H,8,10H2,1-3H3,(H,18,21)(H,19,22). The van der Waals surface area contributed by atoms with E-state index in [1.165, 1.54) is 11.8 Å². The number of nitrogens with one attached hydrogen (secondary N) is 2. The summed E-state index contributed by atoms with van der Waals surface area (Å²) in [6, 6.07) is 6.40. The molecule has 0 fully saturated rings. The summed E-state index contributed by atoms with van der Waals surface area (Å²) >= 11 is 1.51. The van der Waals surface area contributed by atoms with Gasteiger partial charge in [-0.15, -0.1) is 11.8 Å². The summed E-state index contributed by atoms with van der Waals surface area (Å²) < 4.78 is 5.24. The van der Waals surface area contributed by atoms with Crippen LogP contribution in [-0.4, -0.2) is 34.5 Å². The lowest BCUT2D eigenvalue weighted by molar-refractivity contribution is 0.0514. The van der Waals surface area contributed by atoms with Crippen LogP contribution in [0.2, 0.25) is 0 Å². The van der Waals surface area contributed by atoms with E-state index >= 15 is 0 Å². The predicted octanol–water partition coefficient (Wildman–Crippen LogP) is 2.39. The van der Waals surface area contributed by atoms with Gasteiger partial charge >= 0.3 is 6.09 Å². The third kappa shape index (κ3) is 5.28. The van der Waals surface area contributed by atoms with Crippen molar-refractivity contribution in [3.05, 3.63) is 46.5 Å². The van der Waals surface area contributed by atoms with E-state index in [4.69, 9.17) is 9.84 Å². The molecule has 6 nitrogen and oxygen atoms in total. The van der Waals surface area contributed by atoms with Crippen molar-refractivity contribution < 1.29 is 19.4 Å². The van der Waals surface area contributed by atoms with Crippen molar-refractivity contribution in [3.63, 3.8) is 0 Å². The first-order valence-electron chi connectivity index (χ1n) is 7.61. The average molecular weight is 350 g/mol.